The topological polar surface area (TPSA) is 24.7 Å². The fourth-order valence-corrected chi connectivity index (χ4v) is 1.92. The van der Waals surface area contributed by atoms with E-state index in [1.807, 2.05) is 0 Å². The summed E-state index contributed by atoms with van der Waals surface area (Å²) in [6.45, 7) is 15.1. The van der Waals surface area contributed by atoms with Crippen LogP contribution in [0.25, 0.3) is 0 Å². The third kappa shape index (κ3) is 11.6. The van der Waals surface area contributed by atoms with Crippen molar-refractivity contribution in [3.8, 4) is 0 Å². The predicted octanol–water partition coefficient (Wildman–Crippen LogP) is 4.39. The van der Waals surface area contributed by atoms with E-state index in [1.165, 1.54) is 11.4 Å². The molecule has 0 unspecified atom stereocenters. The molecule has 100 valence electrons. The van der Waals surface area contributed by atoms with Crippen LogP contribution in [-0.4, -0.2) is 24.5 Å². The normalized spacial score (nSPS) is 13.9. The number of hydrogen-bond donors (Lipinski definition) is 0. The van der Waals surface area contributed by atoms with E-state index < -0.39 is 0 Å². The van der Waals surface area contributed by atoms with E-state index in [9.17, 15) is 0 Å². The van der Waals surface area contributed by atoms with Crippen molar-refractivity contribution in [3.63, 3.8) is 0 Å². The van der Waals surface area contributed by atoms with E-state index in [0.29, 0.717) is 11.8 Å². The summed E-state index contributed by atoms with van der Waals surface area (Å²) in [7, 11) is 0. The molecule has 0 aromatic carbocycles. The maximum absolute atomic E-state index is 4.57. The first-order valence-corrected chi connectivity index (χ1v) is 6.91. The summed E-state index contributed by atoms with van der Waals surface area (Å²) in [5.74, 6) is 1.43. The lowest BCUT2D eigenvalue weighted by atomic mass is 10.1. The van der Waals surface area contributed by atoms with Crippen molar-refractivity contribution in [1.82, 2.24) is 0 Å². The molecule has 0 rings (SSSR count). The van der Waals surface area contributed by atoms with Crippen molar-refractivity contribution in [2.24, 2.45) is 21.8 Å². The highest BCUT2D eigenvalue weighted by atomic mass is 14.8. The van der Waals surface area contributed by atoms with Gasteiger partial charge < -0.3 is 0 Å². The first-order valence-electron chi connectivity index (χ1n) is 6.91. The van der Waals surface area contributed by atoms with Gasteiger partial charge in [0.15, 0.2) is 0 Å². The van der Waals surface area contributed by atoms with Crippen LogP contribution in [0.3, 0.4) is 0 Å². The summed E-state index contributed by atoms with van der Waals surface area (Å²) in [5, 5.41) is 0. The largest absolute Gasteiger partial charge is 0.294 e. The SMILES string of the molecule is CC(CC(C)C)=NCCCN=C(C)CC(C)C. The fourth-order valence-electron chi connectivity index (χ4n) is 1.92. The van der Waals surface area contributed by atoms with Gasteiger partial charge in [-0.3, -0.25) is 9.98 Å². The lowest BCUT2D eigenvalue weighted by Crippen LogP contribution is -2.01. The highest BCUT2D eigenvalue weighted by Gasteiger charge is 1.97. The van der Waals surface area contributed by atoms with Crippen LogP contribution in [0, 0.1) is 11.8 Å². The Bertz CT molecular complexity index is 224. The van der Waals surface area contributed by atoms with Gasteiger partial charge in [-0.1, -0.05) is 27.7 Å². The number of nitrogens with zero attached hydrogens (tertiary/aromatic N) is 2. The second kappa shape index (κ2) is 9.38. The van der Waals surface area contributed by atoms with Crippen LogP contribution in [-0.2, 0) is 0 Å². The monoisotopic (exact) mass is 238 g/mol. The molecule has 0 aliphatic heterocycles. The van der Waals surface area contributed by atoms with Gasteiger partial charge in [-0.05, 0) is 44.9 Å². The molecule has 17 heavy (non-hydrogen) atoms. The van der Waals surface area contributed by atoms with Gasteiger partial charge in [-0.25, -0.2) is 0 Å². The molecule has 0 radical (unpaired) electrons. The predicted molar refractivity (Wildman–Crippen MR) is 79.5 cm³/mol. The third-order valence-corrected chi connectivity index (χ3v) is 2.49. The van der Waals surface area contributed by atoms with Crippen molar-refractivity contribution in [2.75, 3.05) is 13.1 Å². The Morgan fingerprint density at radius 3 is 1.41 bits per heavy atom. The van der Waals surface area contributed by atoms with Crippen molar-refractivity contribution < 1.29 is 0 Å². The van der Waals surface area contributed by atoms with Gasteiger partial charge in [0.25, 0.3) is 0 Å². The number of rotatable bonds is 8. The Morgan fingerprint density at radius 2 is 1.12 bits per heavy atom. The zero-order valence-electron chi connectivity index (χ0n) is 12.6. The Morgan fingerprint density at radius 1 is 0.765 bits per heavy atom. The number of aliphatic imine (C=N–C) groups is 2. The van der Waals surface area contributed by atoms with Gasteiger partial charge in [0, 0.05) is 24.5 Å². The highest BCUT2D eigenvalue weighted by Crippen LogP contribution is 2.03. The summed E-state index contributed by atoms with van der Waals surface area (Å²) in [4.78, 5) is 9.14. The van der Waals surface area contributed by atoms with E-state index in [1.54, 1.807) is 0 Å². The molecular formula is C15H30N2. The van der Waals surface area contributed by atoms with Crippen LogP contribution in [0.1, 0.15) is 60.8 Å². The first kappa shape index (κ1) is 16.3. The van der Waals surface area contributed by atoms with Crippen LogP contribution in [0.5, 0.6) is 0 Å². The average molecular weight is 238 g/mol. The van der Waals surface area contributed by atoms with Gasteiger partial charge in [-0.2, -0.15) is 0 Å². The standard InChI is InChI=1S/C15H30N2/c1-12(2)10-14(5)16-8-7-9-17-15(6)11-13(3)4/h12-13H,7-11H2,1-6H3. The van der Waals surface area contributed by atoms with Crippen molar-refractivity contribution in [2.45, 2.75) is 60.8 Å². The zero-order valence-corrected chi connectivity index (χ0v) is 12.6. The number of hydrogen-bond acceptors (Lipinski definition) is 2. The van der Waals surface area contributed by atoms with E-state index in [2.05, 4.69) is 51.5 Å². The van der Waals surface area contributed by atoms with E-state index in [0.717, 1.165) is 32.4 Å². The molecule has 0 atom stereocenters. The van der Waals surface area contributed by atoms with Crippen molar-refractivity contribution >= 4 is 11.4 Å². The molecule has 2 nitrogen and oxygen atoms in total. The van der Waals surface area contributed by atoms with Crippen LogP contribution < -0.4 is 0 Å². The molecule has 0 N–H and O–H groups in total. The molecule has 0 saturated heterocycles. The second-order valence-electron chi connectivity index (χ2n) is 5.78. The van der Waals surface area contributed by atoms with Gasteiger partial charge in [-0.15, -0.1) is 0 Å². The molecule has 0 spiro atoms. The summed E-state index contributed by atoms with van der Waals surface area (Å²) in [5.41, 5.74) is 2.56. The van der Waals surface area contributed by atoms with Crippen molar-refractivity contribution in [1.29, 1.82) is 0 Å². The maximum Gasteiger partial charge on any atom is 0.0406 e. The highest BCUT2D eigenvalue weighted by molar-refractivity contribution is 5.82. The quantitative estimate of drug-likeness (QED) is 0.442. The molecule has 0 aliphatic rings. The Labute approximate surface area is 108 Å². The maximum atomic E-state index is 4.57. The average Bonchev–Trinajstić information content (AvgIpc) is 2.14. The minimum absolute atomic E-state index is 0.713. The van der Waals surface area contributed by atoms with Crippen molar-refractivity contribution in [3.05, 3.63) is 0 Å². The molecule has 0 bridgehead atoms. The summed E-state index contributed by atoms with van der Waals surface area (Å²) in [6, 6.07) is 0. The Hall–Kier alpha value is -0.660. The molecule has 0 fully saturated rings. The fraction of sp³-hybridized carbons (Fsp3) is 0.867. The Kier molecular flexibility index (Phi) is 9.01. The molecule has 0 amide bonds. The van der Waals surface area contributed by atoms with Crippen LogP contribution >= 0.6 is 0 Å². The van der Waals surface area contributed by atoms with E-state index >= 15 is 0 Å². The van der Waals surface area contributed by atoms with Gasteiger partial charge in [0.05, 0.1) is 0 Å². The molecule has 0 aliphatic carbocycles. The molecular weight excluding hydrogens is 208 g/mol. The van der Waals surface area contributed by atoms with E-state index in [4.69, 9.17) is 0 Å². The molecule has 0 aromatic rings. The lowest BCUT2D eigenvalue weighted by molar-refractivity contribution is 0.676. The summed E-state index contributed by atoms with van der Waals surface area (Å²) < 4.78 is 0. The smallest absolute Gasteiger partial charge is 0.0406 e. The zero-order chi connectivity index (χ0) is 13.3. The third-order valence-electron chi connectivity index (χ3n) is 2.49. The first-order chi connectivity index (χ1) is 7.91. The molecule has 2 heteroatoms. The summed E-state index contributed by atoms with van der Waals surface area (Å²) in [6.07, 6.45) is 3.32. The second-order valence-corrected chi connectivity index (χ2v) is 5.78. The Balaban J connectivity index is 3.70. The minimum atomic E-state index is 0.713. The van der Waals surface area contributed by atoms with E-state index in [-0.39, 0.29) is 0 Å². The van der Waals surface area contributed by atoms with Gasteiger partial charge in [0.1, 0.15) is 0 Å². The summed E-state index contributed by atoms with van der Waals surface area (Å²) >= 11 is 0. The molecule has 0 aromatic heterocycles. The van der Waals surface area contributed by atoms with Gasteiger partial charge in [0.2, 0.25) is 0 Å². The van der Waals surface area contributed by atoms with Crippen LogP contribution in [0.2, 0.25) is 0 Å². The van der Waals surface area contributed by atoms with Crippen LogP contribution in [0.15, 0.2) is 9.98 Å². The van der Waals surface area contributed by atoms with Crippen LogP contribution in [0.4, 0.5) is 0 Å². The lowest BCUT2D eigenvalue weighted by Gasteiger charge is -2.05. The molecule has 0 saturated carbocycles. The minimum Gasteiger partial charge on any atom is -0.294 e. The van der Waals surface area contributed by atoms with Gasteiger partial charge >= 0.3 is 0 Å². The molecule has 0 heterocycles.